The first kappa shape index (κ1) is 14.4. The highest BCUT2D eigenvalue weighted by Crippen LogP contribution is 2.63. The predicted octanol–water partition coefficient (Wildman–Crippen LogP) is 4.77. The van der Waals surface area contributed by atoms with Crippen molar-refractivity contribution >= 4 is 5.69 Å². The van der Waals surface area contributed by atoms with E-state index in [1.54, 1.807) is 12.7 Å². The summed E-state index contributed by atoms with van der Waals surface area (Å²) in [5.41, 5.74) is 10.5. The summed E-state index contributed by atoms with van der Waals surface area (Å²) in [4.78, 5) is 0. The maximum atomic E-state index is 6.12. The lowest BCUT2D eigenvalue weighted by molar-refractivity contribution is 0.0336. The minimum Gasteiger partial charge on any atom is -0.495 e. The summed E-state index contributed by atoms with van der Waals surface area (Å²) in [5.74, 6) is 4.32. The smallest absolute Gasteiger partial charge is 0.142 e. The number of hydrogen-bond donors (Lipinski definition) is 1. The van der Waals surface area contributed by atoms with Gasteiger partial charge in [-0.05, 0) is 90.9 Å². The Morgan fingerprint density at radius 1 is 1.18 bits per heavy atom. The first-order valence-electron chi connectivity index (χ1n) is 9.01. The van der Waals surface area contributed by atoms with Crippen LogP contribution >= 0.6 is 0 Å². The van der Waals surface area contributed by atoms with Crippen LogP contribution in [0.25, 0.3) is 0 Å². The van der Waals surface area contributed by atoms with Crippen LogP contribution in [0, 0.1) is 23.2 Å². The lowest BCUT2D eigenvalue weighted by Gasteiger charge is -2.50. The summed E-state index contributed by atoms with van der Waals surface area (Å²) in [5, 5.41) is 0. The zero-order chi connectivity index (χ0) is 15.5. The van der Waals surface area contributed by atoms with Gasteiger partial charge in [-0.1, -0.05) is 13.8 Å². The van der Waals surface area contributed by atoms with Crippen molar-refractivity contribution in [3.8, 4) is 5.75 Å². The van der Waals surface area contributed by atoms with E-state index in [9.17, 15) is 0 Å². The van der Waals surface area contributed by atoms with Crippen LogP contribution in [0.3, 0.4) is 0 Å². The Kier molecular flexibility index (Phi) is 3.22. The van der Waals surface area contributed by atoms with Crippen LogP contribution in [0.4, 0.5) is 5.69 Å². The van der Waals surface area contributed by atoms with Crippen molar-refractivity contribution in [3.05, 3.63) is 23.3 Å². The molecule has 2 fully saturated rings. The van der Waals surface area contributed by atoms with Gasteiger partial charge in [0.1, 0.15) is 5.75 Å². The molecule has 1 aromatic rings. The van der Waals surface area contributed by atoms with E-state index in [0.29, 0.717) is 5.41 Å². The molecule has 0 aliphatic heterocycles. The molecule has 0 radical (unpaired) electrons. The molecule has 2 heteroatoms. The van der Waals surface area contributed by atoms with Crippen molar-refractivity contribution in [2.45, 2.75) is 58.3 Å². The van der Waals surface area contributed by atoms with Crippen molar-refractivity contribution in [2.75, 3.05) is 12.8 Å². The van der Waals surface area contributed by atoms with Crippen molar-refractivity contribution in [1.82, 2.24) is 0 Å². The standard InChI is InChI=1S/C20H29NO/c1-12-4-7-17-15-6-5-13-10-18(21)19(22-3)11-16(13)14(15)8-9-20(12,17)2/h10-12,14-15,17H,4-9,21H2,1-3H3/t12?,14?,15?,17?,20-/m1/s1. The Balaban J connectivity index is 1.72. The van der Waals surface area contributed by atoms with Gasteiger partial charge in [-0.3, -0.25) is 0 Å². The van der Waals surface area contributed by atoms with Crippen molar-refractivity contribution in [1.29, 1.82) is 0 Å². The summed E-state index contributed by atoms with van der Waals surface area (Å²) in [6.07, 6.45) is 8.18. The molecule has 1 aromatic carbocycles. The molecule has 3 aliphatic carbocycles. The highest BCUT2D eigenvalue weighted by atomic mass is 16.5. The second-order valence-electron chi connectivity index (χ2n) is 8.23. The molecule has 2 saturated carbocycles. The molecule has 4 rings (SSSR count). The average molecular weight is 299 g/mol. The highest BCUT2D eigenvalue weighted by molar-refractivity contribution is 5.58. The normalized spacial score (nSPS) is 39.8. The Morgan fingerprint density at radius 3 is 2.77 bits per heavy atom. The predicted molar refractivity (Wildman–Crippen MR) is 91.2 cm³/mol. The van der Waals surface area contributed by atoms with Crippen molar-refractivity contribution < 1.29 is 4.74 Å². The van der Waals surface area contributed by atoms with Crippen LogP contribution in [-0.4, -0.2) is 7.11 Å². The molecule has 4 unspecified atom stereocenters. The van der Waals surface area contributed by atoms with E-state index in [2.05, 4.69) is 26.0 Å². The largest absolute Gasteiger partial charge is 0.495 e. The van der Waals surface area contributed by atoms with Crippen LogP contribution in [0.15, 0.2) is 12.1 Å². The summed E-state index contributed by atoms with van der Waals surface area (Å²) >= 11 is 0. The Bertz CT molecular complexity index is 596. The van der Waals surface area contributed by atoms with E-state index < -0.39 is 0 Å². The third kappa shape index (κ3) is 1.85. The van der Waals surface area contributed by atoms with E-state index in [0.717, 1.165) is 35.1 Å². The van der Waals surface area contributed by atoms with Gasteiger partial charge < -0.3 is 10.5 Å². The van der Waals surface area contributed by atoms with E-state index >= 15 is 0 Å². The Morgan fingerprint density at radius 2 is 2.00 bits per heavy atom. The highest BCUT2D eigenvalue weighted by Gasteiger charge is 2.53. The van der Waals surface area contributed by atoms with Gasteiger partial charge in [0.2, 0.25) is 0 Å². The molecule has 120 valence electrons. The quantitative estimate of drug-likeness (QED) is 0.758. The summed E-state index contributed by atoms with van der Waals surface area (Å²) in [6.45, 7) is 5.06. The molecular weight excluding hydrogens is 270 g/mol. The van der Waals surface area contributed by atoms with Crippen molar-refractivity contribution in [2.24, 2.45) is 23.2 Å². The number of nitrogen functional groups attached to an aromatic ring is 1. The zero-order valence-corrected chi connectivity index (χ0v) is 14.2. The van der Waals surface area contributed by atoms with Crippen LogP contribution in [0.2, 0.25) is 0 Å². The molecule has 3 aliphatic rings. The number of benzene rings is 1. The first-order valence-corrected chi connectivity index (χ1v) is 9.01. The second-order valence-corrected chi connectivity index (χ2v) is 8.23. The third-order valence-electron chi connectivity index (χ3n) is 7.55. The summed E-state index contributed by atoms with van der Waals surface area (Å²) in [7, 11) is 1.73. The molecule has 5 atom stereocenters. The fraction of sp³-hybridized carbons (Fsp3) is 0.700. The number of fused-ring (bicyclic) bond motifs is 5. The number of nitrogens with two attached hydrogens (primary N) is 1. The average Bonchev–Trinajstić information content (AvgIpc) is 2.82. The third-order valence-corrected chi connectivity index (χ3v) is 7.55. The second kappa shape index (κ2) is 4.91. The number of methoxy groups -OCH3 is 1. The fourth-order valence-electron chi connectivity index (χ4n) is 6.06. The summed E-state index contributed by atoms with van der Waals surface area (Å²) < 4.78 is 5.49. The first-order chi connectivity index (χ1) is 10.5. The molecular formula is C20H29NO. The van der Waals surface area contributed by atoms with E-state index in [4.69, 9.17) is 10.5 Å². The molecule has 0 aromatic heterocycles. The summed E-state index contributed by atoms with van der Waals surface area (Å²) in [6, 6.07) is 4.43. The van der Waals surface area contributed by atoms with Gasteiger partial charge in [0, 0.05) is 0 Å². The number of anilines is 1. The van der Waals surface area contributed by atoms with Crippen LogP contribution in [-0.2, 0) is 6.42 Å². The monoisotopic (exact) mass is 299 g/mol. The number of ether oxygens (including phenoxy) is 1. The number of rotatable bonds is 1. The van der Waals surface area contributed by atoms with Gasteiger partial charge in [0.15, 0.2) is 0 Å². The van der Waals surface area contributed by atoms with E-state index in [1.165, 1.54) is 44.1 Å². The molecule has 0 heterocycles. The minimum atomic E-state index is 0.594. The molecule has 2 nitrogen and oxygen atoms in total. The maximum Gasteiger partial charge on any atom is 0.142 e. The number of hydrogen-bond acceptors (Lipinski definition) is 2. The number of aryl methyl sites for hydroxylation is 1. The molecule has 0 amide bonds. The van der Waals surface area contributed by atoms with Crippen LogP contribution < -0.4 is 10.5 Å². The van der Waals surface area contributed by atoms with Gasteiger partial charge in [-0.15, -0.1) is 0 Å². The van der Waals surface area contributed by atoms with Gasteiger partial charge >= 0.3 is 0 Å². The van der Waals surface area contributed by atoms with E-state index in [-0.39, 0.29) is 0 Å². The molecule has 0 saturated heterocycles. The minimum absolute atomic E-state index is 0.594. The lowest BCUT2D eigenvalue weighted by Crippen LogP contribution is -2.41. The molecule has 2 N–H and O–H groups in total. The van der Waals surface area contributed by atoms with Crippen LogP contribution in [0.1, 0.15) is 63.0 Å². The Hall–Kier alpha value is -1.18. The zero-order valence-electron chi connectivity index (χ0n) is 14.2. The molecule has 22 heavy (non-hydrogen) atoms. The van der Waals surface area contributed by atoms with Gasteiger partial charge in [-0.2, -0.15) is 0 Å². The van der Waals surface area contributed by atoms with Gasteiger partial charge in [-0.25, -0.2) is 0 Å². The van der Waals surface area contributed by atoms with Gasteiger partial charge in [0.05, 0.1) is 12.8 Å². The fourth-order valence-corrected chi connectivity index (χ4v) is 6.06. The molecule has 0 bridgehead atoms. The van der Waals surface area contributed by atoms with E-state index in [1.807, 2.05) is 0 Å². The topological polar surface area (TPSA) is 35.2 Å². The lowest BCUT2D eigenvalue weighted by atomic mass is 9.54. The Labute approximate surface area is 134 Å². The molecule has 0 spiro atoms. The van der Waals surface area contributed by atoms with Gasteiger partial charge in [0.25, 0.3) is 0 Å². The van der Waals surface area contributed by atoms with Crippen molar-refractivity contribution in [3.63, 3.8) is 0 Å². The maximum absolute atomic E-state index is 6.12. The van der Waals surface area contributed by atoms with Crippen LogP contribution in [0.5, 0.6) is 5.75 Å². The SMILES string of the molecule is COc1cc2c(cc1N)CCC1C2CC[C@]2(C)C(C)CCC12.